The van der Waals surface area contributed by atoms with E-state index in [4.69, 9.17) is 16.3 Å². The summed E-state index contributed by atoms with van der Waals surface area (Å²) in [6.07, 6.45) is 0. The third-order valence-corrected chi connectivity index (χ3v) is 5.78. The number of fused-ring (bicyclic) bond motifs is 1. The molecule has 158 valence electrons. The van der Waals surface area contributed by atoms with Gasteiger partial charge in [-0.3, -0.25) is 9.89 Å². The Morgan fingerprint density at radius 2 is 1.90 bits per heavy atom. The van der Waals surface area contributed by atoms with Crippen molar-refractivity contribution < 1.29 is 9.53 Å². The Hall–Kier alpha value is -3.03. The van der Waals surface area contributed by atoms with Crippen LogP contribution < -0.4 is 10.1 Å². The molecule has 0 aliphatic rings. The van der Waals surface area contributed by atoms with Crippen molar-refractivity contribution in [2.45, 2.75) is 24.7 Å². The lowest BCUT2D eigenvalue weighted by atomic mass is 10.0. The molecule has 0 spiro atoms. The van der Waals surface area contributed by atoms with E-state index in [0.29, 0.717) is 21.8 Å². The second kappa shape index (κ2) is 9.85. The number of nitrogens with one attached hydrogen (secondary N) is 2. The van der Waals surface area contributed by atoms with Gasteiger partial charge in [0.05, 0.1) is 11.8 Å². The average molecular weight is 453 g/mol. The highest BCUT2D eigenvalue weighted by Crippen LogP contribution is 2.21. The van der Waals surface area contributed by atoms with Crippen molar-refractivity contribution in [2.24, 2.45) is 0 Å². The maximum Gasteiger partial charge on any atom is 0.230 e. The normalized spacial score (nSPS) is 11.9. The molecular formula is C23H21ClN4O2S. The van der Waals surface area contributed by atoms with Crippen LogP contribution in [0.15, 0.2) is 71.9 Å². The van der Waals surface area contributed by atoms with Gasteiger partial charge in [-0.05, 0) is 53.6 Å². The fourth-order valence-electron chi connectivity index (χ4n) is 3.06. The molecular weight excluding hydrogens is 432 g/mol. The van der Waals surface area contributed by atoms with Crippen LogP contribution >= 0.6 is 23.4 Å². The highest BCUT2D eigenvalue weighted by molar-refractivity contribution is 7.99. The first-order valence-corrected chi connectivity index (χ1v) is 11.1. The molecule has 0 bridgehead atoms. The number of hydrogen-bond acceptors (Lipinski definition) is 5. The number of thioether (sulfide) groups is 1. The van der Waals surface area contributed by atoms with Crippen molar-refractivity contribution in [3.63, 3.8) is 0 Å². The van der Waals surface area contributed by atoms with Crippen LogP contribution in [0.3, 0.4) is 0 Å². The Balaban J connectivity index is 1.26. The molecule has 2 N–H and O–H groups in total. The van der Waals surface area contributed by atoms with E-state index in [1.54, 1.807) is 24.3 Å². The van der Waals surface area contributed by atoms with Crippen molar-refractivity contribution in [2.75, 3.05) is 5.75 Å². The predicted octanol–water partition coefficient (Wildman–Crippen LogP) is 5.16. The SMILES string of the molecule is CC(NC(=O)CSc1n[nH]c(COc2ccc(Cl)cc2)n1)c1ccc2ccccc2c1. The number of hydrogen-bond donors (Lipinski definition) is 2. The minimum absolute atomic E-state index is 0.0746. The summed E-state index contributed by atoms with van der Waals surface area (Å²) in [6.45, 7) is 2.23. The Labute approximate surface area is 189 Å². The number of aromatic amines is 1. The van der Waals surface area contributed by atoms with E-state index in [9.17, 15) is 4.79 Å². The summed E-state index contributed by atoms with van der Waals surface area (Å²) < 4.78 is 5.64. The first-order valence-electron chi connectivity index (χ1n) is 9.77. The maximum absolute atomic E-state index is 12.4. The molecule has 31 heavy (non-hydrogen) atoms. The molecule has 4 aromatic rings. The van der Waals surface area contributed by atoms with E-state index in [1.165, 1.54) is 17.1 Å². The van der Waals surface area contributed by atoms with Crippen LogP contribution in [-0.4, -0.2) is 26.8 Å². The fraction of sp³-hybridized carbons (Fsp3) is 0.174. The summed E-state index contributed by atoms with van der Waals surface area (Å²) in [5.41, 5.74) is 1.07. The lowest BCUT2D eigenvalue weighted by molar-refractivity contribution is -0.119. The van der Waals surface area contributed by atoms with E-state index in [-0.39, 0.29) is 24.3 Å². The molecule has 6 nitrogen and oxygen atoms in total. The predicted molar refractivity (Wildman–Crippen MR) is 123 cm³/mol. The van der Waals surface area contributed by atoms with E-state index in [1.807, 2.05) is 25.1 Å². The number of amides is 1. The van der Waals surface area contributed by atoms with Gasteiger partial charge in [-0.25, -0.2) is 4.98 Å². The van der Waals surface area contributed by atoms with Crippen LogP contribution in [0.1, 0.15) is 24.4 Å². The van der Waals surface area contributed by atoms with Crippen molar-refractivity contribution >= 4 is 40.0 Å². The number of H-pyrrole nitrogens is 1. The third kappa shape index (κ3) is 5.77. The molecule has 1 atom stereocenters. The van der Waals surface area contributed by atoms with Crippen LogP contribution in [0.25, 0.3) is 10.8 Å². The van der Waals surface area contributed by atoms with E-state index < -0.39 is 0 Å². The van der Waals surface area contributed by atoms with Crippen LogP contribution in [0, 0.1) is 0 Å². The zero-order chi connectivity index (χ0) is 21.6. The number of carbonyl (C=O) groups is 1. The highest BCUT2D eigenvalue weighted by atomic mass is 35.5. The lowest BCUT2D eigenvalue weighted by Gasteiger charge is -2.14. The number of carbonyl (C=O) groups excluding carboxylic acids is 1. The smallest absolute Gasteiger partial charge is 0.230 e. The molecule has 0 radical (unpaired) electrons. The molecule has 0 aliphatic heterocycles. The summed E-state index contributed by atoms with van der Waals surface area (Å²) >= 11 is 7.14. The molecule has 1 heterocycles. The number of aromatic nitrogens is 3. The molecule has 0 saturated carbocycles. The van der Waals surface area contributed by atoms with Gasteiger partial charge in [-0.2, -0.15) is 0 Å². The summed E-state index contributed by atoms with van der Waals surface area (Å²) in [4.78, 5) is 16.7. The molecule has 3 aromatic carbocycles. The number of ether oxygens (including phenoxy) is 1. The van der Waals surface area contributed by atoms with Gasteiger partial charge >= 0.3 is 0 Å². The first-order chi connectivity index (χ1) is 15.1. The molecule has 8 heteroatoms. The van der Waals surface area contributed by atoms with E-state index in [0.717, 1.165) is 10.9 Å². The minimum Gasteiger partial charge on any atom is -0.486 e. The molecule has 0 saturated heterocycles. The average Bonchev–Trinajstić information content (AvgIpc) is 3.25. The summed E-state index contributed by atoms with van der Waals surface area (Å²) in [6, 6.07) is 21.4. The standard InChI is InChI=1S/C23H21ClN4O2S/c1-15(17-7-6-16-4-2-3-5-18(16)12-17)25-22(29)14-31-23-26-21(27-28-23)13-30-20-10-8-19(24)9-11-20/h2-12,15H,13-14H2,1H3,(H,25,29)(H,26,27,28). The van der Waals surface area contributed by atoms with Crippen LogP contribution in [-0.2, 0) is 11.4 Å². The monoisotopic (exact) mass is 452 g/mol. The molecule has 4 rings (SSSR count). The third-order valence-electron chi connectivity index (χ3n) is 4.68. The summed E-state index contributed by atoms with van der Waals surface area (Å²) in [5.74, 6) is 1.43. The summed E-state index contributed by atoms with van der Waals surface area (Å²) in [7, 11) is 0. The first kappa shape index (κ1) is 21.2. The van der Waals surface area contributed by atoms with Gasteiger partial charge in [0, 0.05) is 5.02 Å². The number of nitrogens with zero attached hydrogens (tertiary/aromatic N) is 2. The molecule has 1 amide bonds. The minimum atomic E-state index is -0.0896. The van der Waals surface area contributed by atoms with Crippen molar-refractivity contribution in [1.29, 1.82) is 0 Å². The van der Waals surface area contributed by atoms with Crippen LogP contribution in [0.4, 0.5) is 0 Å². The number of halogens is 1. The van der Waals surface area contributed by atoms with Crippen molar-refractivity contribution in [3.8, 4) is 5.75 Å². The van der Waals surface area contributed by atoms with Crippen LogP contribution in [0.5, 0.6) is 5.75 Å². The quantitative estimate of drug-likeness (QED) is 0.361. The second-order valence-corrected chi connectivity index (χ2v) is 8.37. The van der Waals surface area contributed by atoms with Gasteiger partial charge in [0.25, 0.3) is 0 Å². The molecule has 0 fully saturated rings. The van der Waals surface area contributed by atoms with Gasteiger partial charge in [-0.15, -0.1) is 5.10 Å². The fourth-order valence-corrected chi connectivity index (χ4v) is 3.82. The zero-order valence-electron chi connectivity index (χ0n) is 16.8. The van der Waals surface area contributed by atoms with Gasteiger partial charge < -0.3 is 10.1 Å². The van der Waals surface area contributed by atoms with E-state index >= 15 is 0 Å². The molecule has 1 unspecified atom stereocenters. The Kier molecular flexibility index (Phi) is 6.74. The van der Waals surface area contributed by atoms with Gasteiger partial charge in [0.1, 0.15) is 12.4 Å². The lowest BCUT2D eigenvalue weighted by Crippen LogP contribution is -2.28. The number of benzene rings is 3. The number of rotatable bonds is 8. The highest BCUT2D eigenvalue weighted by Gasteiger charge is 2.12. The summed E-state index contributed by atoms with van der Waals surface area (Å²) in [5, 5.41) is 13.5. The topological polar surface area (TPSA) is 79.9 Å². The van der Waals surface area contributed by atoms with Crippen molar-refractivity contribution in [1.82, 2.24) is 20.5 Å². The second-order valence-electron chi connectivity index (χ2n) is 6.99. The Bertz CT molecular complexity index is 1180. The molecule has 1 aromatic heterocycles. The maximum atomic E-state index is 12.4. The molecule has 0 aliphatic carbocycles. The van der Waals surface area contributed by atoms with Crippen molar-refractivity contribution in [3.05, 3.63) is 83.1 Å². The Morgan fingerprint density at radius 1 is 1.13 bits per heavy atom. The largest absolute Gasteiger partial charge is 0.486 e. The van der Waals surface area contributed by atoms with Gasteiger partial charge in [-0.1, -0.05) is 59.8 Å². The van der Waals surface area contributed by atoms with Crippen LogP contribution in [0.2, 0.25) is 5.02 Å². The Morgan fingerprint density at radius 3 is 2.71 bits per heavy atom. The van der Waals surface area contributed by atoms with E-state index in [2.05, 4.69) is 44.8 Å². The van der Waals surface area contributed by atoms with Gasteiger partial charge in [0.15, 0.2) is 5.82 Å². The zero-order valence-corrected chi connectivity index (χ0v) is 18.4. The van der Waals surface area contributed by atoms with Gasteiger partial charge in [0.2, 0.25) is 11.1 Å².